The third-order valence-corrected chi connectivity index (χ3v) is 7.16. The lowest BCUT2D eigenvalue weighted by atomic mass is 10.1. The van der Waals surface area contributed by atoms with Crippen LogP contribution in [0.4, 0.5) is 0 Å². The molecule has 0 saturated carbocycles. The van der Waals surface area contributed by atoms with Crippen LogP contribution in [-0.2, 0) is 0 Å². The predicted molar refractivity (Wildman–Crippen MR) is 137 cm³/mol. The number of phenols is 2. The molecule has 1 unspecified atom stereocenters. The van der Waals surface area contributed by atoms with E-state index < -0.39 is 0 Å². The summed E-state index contributed by atoms with van der Waals surface area (Å²) >= 11 is 1.72. The third kappa shape index (κ3) is 6.84. The van der Waals surface area contributed by atoms with Gasteiger partial charge in [0.15, 0.2) is 0 Å². The number of phenolic OH excluding ortho intramolecular Hbond substituents is 2. The monoisotopic (exact) mass is 479 g/mol. The molecule has 3 aromatic carbocycles. The van der Waals surface area contributed by atoms with E-state index in [0.29, 0.717) is 5.75 Å². The highest BCUT2D eigenvalue weighted by Gasteiger charge is 2.22. The third-order valence-electron chi connectivity index (χ3n) is 6.06. The molecule has 2 N–H and O–H groups in total. The van der Waals surface area contributed by atoms with E-state index in [1.54, 1.807) is 36.0 Å². The molecular weight excluding hydrogens is 446 g/mol. The van der Waals surface area contributed by atoms with Crippen molar-refractivity contribution in [3.63, 3.8) is 0 Å². The molecule has 5 nitrogen and oxygen atoms in total. The first-order valence-corrected chi connectivity index (χ1v) is 12.8. The van der Waals surface area contributed by atoms with E-state index >= 15 is 0 Å². The van der Waals surface area contributed by atoms with Gasteiger partial charge in [0, 0.05) is 18.8 Å². The molecule has 2 atom stereocenters. The summed E-state index contributed by atoms with van der Waals surface area (Å²) in [5.74, 6) is 4.01. The summed E-state index contributed by atoms with van der Waals surface area (Å²) in [6.45, 7) is 8.42. The Morgan fingerprint density at radius 1 is 1.00 bits per heavy atom. The molecule has 1 fully saturated rings. The lowest BCUT2D eigenvalue weighted by molar-refractivity contribution is 0.219. The largest absolute Gasteiger partial charge is 0.508 e. The van der Waals surface area contributed by atoms with Crippen molar-refractivity contribution in [1.29, 1.82) is 0 Å². The summed E-state index contributed by atoms with van der Waals surface area (Å²) in [4.78, 5) is 3.47. The zero-order valence-electron chi connectivity index (χ0n) is 19.8. The molecule has 3 aromatic rings. The molecule has 2 aliphatic rings. The molecule has 6 heteroatoms. The summed E-state index contributed by atoms with van der Waals surface area (Å²) in [5, 5.41) is 18.3. The van der Waals surface area contributed by atoms with E-state index in [9.17, 15) is 5.11 Å². The Balaban J connectivity index is 0.000000291. The normalized spacial score (nSPS) is 19.5. The number of hydrogen-bond acceptors (Lipinski definition) is 6. The number of aromatic hydroxyl groups is 2. The number of rotatable bonds is 5. The second-order valence-corrected chi connectivity index (χ2v) is 10.1. The maximum absolute atomic E-state index is 9.57. The summed E-state index contributed by atoms with van der Waals surface area (Å²) in [7, 11) is 0. The van der Waals surface area contributed by atoms with Crippen molar-refractivity contribution in [2.24, 2.45) is 5.92 Å². The quantitative estimate of drug-likeness (QED) is 0.465. The molecule has 5 rings (SSSR count). The molecule has 0 bridgehead atoms. The number of likely N-dealkylation sites (tertiary alicyclic amines) is 1. The van der Waals surface area contributed by atoms with Gasteiger partial charge in [-0.15, -0.1) is 11.8 Å². The first-order valence-electron chi connectivity index (χ1n) is 11.8. The van der Waals surface area contributed by atoms with Gasteiger partial charge in [0.25, 0.3) is 0 Å². The number of ether oxygens (including phenoxy) is 2. The number of thioether (sulfide) groups is 1. The molecule has 0 aliphatic carbocycles. The highest BCUT2D eigenvalue weighted by Crippen LogP contribution is 2.42. The van der Waals surface area contributed by atoms with E-state index in [4.69, 9.17) is 14.6 Å². The second-order valence-electron chi connectivity index (χ2n) is 9.00. The van der Waals surface area contributed by atoms with Crippen LogP contribution in [0, 0.1) is 12.8 Å². The van der Waals surface area contributed by atoms with E-state index in [0.717, 1.165) is 46.8 Å². The molecule has 0 amide bonds. The van der Waals surface area contributed by atoms with Crippen LogP contribution in [0.5, 0.6) is 23.0 Å². The van der Waals surface area contributed by atoms with Crippen LogP contribution in [0.25, 0.3) is 0 Å². The smallest absolute Gasteiger partial charge is 0.134 e. The molecule has 180 valence electrons. The van der Waals surface area contributed by atoms with E-state index in [2.05, 4.69) is 24.0 Å². The van der Waals surface area contributed by atoms with Crippen LogP contribution in [0.3, 0.4) is 0 Å². The lowest BCUT2D eigenvalue weighted by Crippen LogP contribution is -2.25. The standard InChI is InChI=1S/C21H25NO3S.C7H8O/c1-15-8-9-22(13-15)10-11-24-18-5-2-16(3-6-18)20-14-26-21-12-17(23)4-7-19(21)25-20;1-6-2-4-7(8)5-3-6/h2-7,12,15,20,23H,8-11,13-14H2,1H3;2-5,8H,1H3/t15?,20-;/m1./s1. The number of aryl methyl sites for hydroxylation is 1. The van der Waals surface area contributed by atoms with Gasteiger partial charge in [0.1, 0.15) is 35.7 Å². The van der Waals surface area contributed by atoms with E-state index in [-0.39, 0.29) is 11.9 Å². The van der Waals surface area contributed by atoms with Crippen molar-refractivity contribution in [3.8, 4) is 23.0 Å². The Bertz CT molecular complexity index is 1030. The molecule has 0 aromatic heterocycles. The maximum Gasteiger partial charge on any atom is 0.134 e. The van der Waals surface area contributed by atoms with Gasteiger partial charge >= 0.3 is 0 Å². The fourth-order valence-corrected chi connectivity index (χ4v) is 5.12. The first kappa shape index (κ1) is 24.3. The van der Waals surface area contributed by atoms with Gasteiger partial charge in [0.05, 0.1) is 4.90 Å². The minimum Gasteiger partial charge on any atom is -0.508 e. The Labute approximate surface area is 206 Å². The maximum atomic E-state index is 9.57. The van der Waals surface area contributed by atoms with Crippen molar-refractivity contribution >= 4 is 11.8 Å². The van der Waals surface area contributed by atoms with E-state index in [1.165, 1.54) is 25.1 Å². The van der Waals surface area contributed by atoms with Crippen molar-refractivity contribution in [2.45, 2.75) is 31.3 Å². The number of hydrogen-bond donors (Lipinski definition) is 2. The summed E-state index contributed by atoms with van der Waals surface area (Å²) in [6, 6.07) is 20.6. The van der Waals surface area contributed by atoms with Crippen molar-refractivity contribution in [2.75, 3.05) is 32.0 Å². The van der Waals surface area contributed by atoms with E-state index in [1.807, 2.05) is 37.3 Å². The number of fused-ring (bicyclic) bond motifs is 1. The lowest BCUT2D eigenvalue weighted by Gasteiger charge is -2.26. The minimum absolute atomic E-state index is 0.0252. The van der Waals surface area contributed by atoms with Gasteiger partial charge < -0.3 is 19.7 Å². The van der Waals surface area contributed by atoms with Crippen molar-refractivity contribution < 1.29 is 19.7 Å². The second kappa shape index (κ2) is 11.5. The van der Waals surface area contributed by atoms with Crippen LogP contribution < -0.4 is 9.47 Å². The van der Waals surface area contributed by atoms with Crippen LogP contribution >= 0.6 is 11.8 Å². The Morgan fingerprint density at radius 3 is 2.41 bits per heavy atom. The fourth-order valence-electron chi connectivity index (χ4n) is 4.07. The predicted octanol–water partition coefficient (Wildman–Crippen LogP) is 6.04. The van der Waals surface area contributed by atoms with Crippen LogP contribution in [0.1, 0.15) is 30.6 Å². The molecule has 2 heterocycles. The molecular formula is C28H33NO4S. The zero-order valence-corrected chi connectivity index (χ0v) is 20.6. The first-order chi connectivity index (χ1) is 16.5. The van der Waals surface area contributed by atoms with Gasteiger partial charge in [0.2, 0.25) is 0 Å². The average molecular weight is 480 g/mol. The van der Waals surface area contributed by atoms with Crippen molar-refractivity contribution in [1.82, 2.24) is 4.90 Å². The fraction of sp³-hybridized carbons (Fsp3) is 0.357. The highest BCUT2D eigenvalue weighted by atomic mass is 32.2. The van der Waals surface area contributed by atoms with Gasteiger partial charge in [-0.25, -0.2) is 0 Å². The number of benzene rings is 3. The van der Waals surface area contributed by atoms with Gasteiger partial charge in [-0.1, -0.05) is 36.8 Å². The van der Waals surface area contributed by atoms with Crippen LogP contribution in [-0.4, -0.2) is 47.1 Å². The van der Waals surface area contributed by atoms with Crippen molar-refractivity contribution in [3.05, 3.63) is 77.9 Å². The zero-order chi connectivity index (χ0) is 23.9. The van der Waals surface area contributed by atoms with Crippen LogP contribution in [0.2, 0.25) is 0 Å². The SMILES string of the molecule is CC1CCN(CCOc2ccc([C@H]3CSc4cc(O)ccc4O3)cc2)C1.Cc1ccc(O)cc1. The molecule has 2 aliphatic heterocycles. The topological polar surface area (TPSA) is 62.2 Å². The summed E-state index contributed by atoms with van der Waals surface area (Å²) in [5.41, 5.74) is 2.32. The molecule has 1 saturated heterocycles. The summed E-state index contributed by atoms with van der Waals surface area (Å²) < 4.78 is 12.0. The van der Waals surface area contributed by atoms with Gasteiger partial charge in [-0.05, 0) is 73.8 Å². The molecule has 0 radical (unpaired) electrons. The minimum atomic E-state index is 0.0252. The highest BCUT2D eigenvalue weighted by molar-refractivity contribution is 7.99. The van der Waals surface area contributed by atoms with Gasteiger partial charge in [-0.3, -0.25) is 4.90 Å². The summed E-state index contributed by atoms with van der Waals surface area (Å²) in [6.07, 6.45) is 1.33. The number of nitrogens with zero attached hydrogens (tertiary/aromatic N) is 1. The Hall–Kier alpha value is -2.83. The molecule has 34 heavy (non-hydrogen) atoms. The Morgan fingerprint density at radius 2 is 1.74 bits per heavy atom. The molecule has 0 spiro atoms. The van der Waals surface area contributed by atoms with Gasteiger partial charge in [-0.2, -0.15) is 0 Å². The average Bonchev–Trinajstić information content (AvgIpc) is 3.26. The van der Waals surface area contributed by atoms with Crippen LogP contribution in [0.15, 0.2) is 71.6 Å². The Kier molecular flexibility index (Phi) is 8.25.